The minimum atomic E-state index is 0.0655. The summed E-state index contributed by atoms with van der Waals surface area (Å²) in [5.41, 5.74) is 0. The molecule has 84 valence electrons. The number of hydrogen-bond acceptors (Lipinski definition) is 2. The van der Waals surface area contributed by atoms with Crippen molar-refractivity contribution >= 4 is 5.91 Å². The SMILES string of the molecule is C/C=C/C=C/C(=O)N1CC(C)OCC1C. The van der Waals surface area contributed by atoms with Gasteiger partial charge in [0.2, 0.25) is 5.91 Å². The van der Waals surface area contributed by atoms with E-state index in [1.54, 1.807) is 12.2 Å². The van der Waals surface area contributed by atoms with Crippen LogP contribution >= 0.6 is 0 Å². The summed E-state index contributed by atoms with van der Waals surface area (Å²) in [5, 5.41) is 0. The maximum atomic E-state index is 11.8. The van der Waals surface area contributed by atoms with Crippen LogP contribution in [0.3, 0.4) is 0 Å². The fourth-order valence-electron chi connectivity index (χ4n) is 1.56. The first-order valence-corrected chi connectivity index (χ1v) is 5.36. The van der Waals surface area contributed by atoms with Crippen LogP contribution < -0.4 is 0 Å². The molecule has 1 fully saturated rings. The molecule has 3 nitrogen and oxygen atoms in total. The van der Waals surface area contributed by atoms with Crippen molar-refractivity contribution in [2.75, 3.05) is 13.2 Å². The first-order chi connectivity index (χ1) is 7.15. The highest BCUT2D eigenvalue weighted by Gasteiger charge is 2.25. The minimum Gasteiger partial charge on any atom is -0.375 e. The summed E-state index contributed by atoms with van der Waals surface area (Å²) in [4.78, 5) is 13.6. The third-order valence-corrected chi connectivity index (χ3v) is 2.43. The lowest BCUT2D eigenvalue weighted by atomic mass is 10.2. The van der Waals surface area contributed by atoms with Crippen molar-refractivity contribution in [1.82, 2.24) is 4.90 Å². The molecule has 0 aromatic heterocycles. The van der Waals surface area contributed by atoms with E-state index in [2.05, 4.69) is 0 Å². The second-order valence-electron chi connectivity index (χ2n) is 3.87. The molecular weight excluding hydrogens is 190 g/mol. The maximum Gasteiger partial charge on any atom is 0.246 e. The highest BCUT2D eigenvalue weighted by atomic mass is 16.5. The Morgan fingerprint density at radius 2 is 2.13 bits per heavy atom. The van der Waals surface area contributed by atoms with Crippen molar-refractivity contribution in [1.29, 1.82) is 0 Å². The normalized spacial score (nSPS) is 27.8. The van der Waals surface area contributed by atoms with Crippen molar-refractivity contribution < 1.29 is 9.53 Å². The fourth-order valence-corrected chi connectivity index (χ4v) is 1.56. The van der Waals surface area contributed by atoms with Crippen molar-refractivity contribution in [3.63, 3.8) is 0 Å². The van der Waals surface area contributed by atoms with Crippen LogP contribution in [0.25, 0.3) is 0 Å². The average molecular weight is 209 g/mol. The molecule has 1 aliphatic heterocycles. The average Bonchev–Trinajstić information content (AvgIpc) is 2.22. The Hall–Kier alpha value is -1.09. The van der Waals surface area contributed by atoms with E-state index in [0.717, 1.165) is 0 Å². The first kappa shape index (κ1) is 12.0. The lowest BCUT2D eigenvalue weighted by Gasteiger charge is -2.36. The van der Waals surface area contributed by atoms with Gasteiger partial charge in [-0.2, -0.15) is 0 Å². The molecule has 15 heavy (non-hydrogen) atoms. The highest BCUT2D eigenvalue weighted by molar-refractivity contribution is 5.88. The van der Waals surface area contributed by atoms with E-state index in [-0.39, 0.29) is 18.1 Å². The molecule has 0 saturated carbocycles. The van der Waals surface area contributed by atoms with Gasteiger partial charge in [-0.05, 0) is 20.8 Å². The summed E-state index contributed by atoms with van der Waals surface area (Å²) >= 11 is 0. The monoisotopic (exact) mass is 209 g/mol. The second-order valence-corrected chi connectivity index (χ2v) is 3.87. The van der Waals surface area contributed by atoms with Crippen LogP contribution in [0.4, 0.5) is 0 Å². The summed E-state index contributed by atoms with van der Waals surface area (Å²) in [7, 11) is 0. The predicted molar refractivity (Wildman–Crippen MR) is 60.5 cm³/mol. The number of amides is 1. The van der Waals surface area contributed by atoms with E-state index in [1.165, 1.54) is 0 Å². The Morgan fingerprint density at radius 1 is 1.40 bits per heavy atom. The van der Waals surface area contributed by atoms with Gasteiger partial charge >= 0.3 is 0 Å². The number of carbonyl (C=O) groups excluding carboxylic acids is 1. The number of morpholine rings is 1. The van der Waals surface area contributed by atoms with Crippen LogP contribution in [0, 0.1) is 0 Å². The van der Waals surface area contributed by atoms with E-state index in [1.807, 2.05) is 37.8 Å². The molecule has 0 spiro atoms. The fraction of sp³-hybridized carbons (Fsp3) is 0.583. The van der Waals surface area contributed by atoms with Crippen LogP contribution in [0.1, 0.15) is 20.8 Å². The Morgan fingerprint density at radius 3 is 2.80 bits per heavy atom. The standard InChI is InChI=1S/C12H19NO2/c1-4-5-6-7-12(14)13-8-11(3)15-9-10(13)2/h4-7,10-11H,8-9H2,1-3H3/b5-4+,7-6+. The van der Waals surface area contributed by atoms with Gasteiger partial charge in [-0.25, -0.2) is 0 Å². The molecule has 1 heterocycles. The van der Waals surface area contributed by atoms with Crippen LogP contribution in [0.5, 0.6) is 0 Å². The molecule has 0 N–H and O–H groups in total. The van der Waals surface area contributed by atoms with E-state index in [4.69, 9.17) is 4.74 Å². The summed E-state index contributed by atoms with van der Waals surface area (Å²) in [6.07, 6.45) is 7.27. The topological polar surface area (TPSA) is 29.5 Å². The predicted octanol–water partition coefficient (Wildman–Crippen LogP) is 1.75. The molecule has 0 aromatic carbocycles. The minimum absolute atomic E-state index is 0.0655. The Balaban J connectivity index is 2.56. The largest absolute Gasteiger partial charge is 0.375 e. The number of hydrogen-bond donors (Lipinski definition) is 0. The molecule has 1 aliphatic rings. The third-order valence-electron chi connectivity index (χ3n) is 2.43. The third kappa shape index (κ3) is 3.51. The molecule has 1 amide bonds. The van der Waals surface area contributed by atoms with Gasteiger partial charge in [0.05, 0.1) is 18.8 Å². The number of ether oxygens (including phenoxy) is 1. The second kappa shape index (κ2) is 5.71. The lowest BCUT2D eigenvalue weighted by molar-refractivity contribution is -0.137. The van der Waals surface area contributed by atoms with Gasteiger partial charge in [-0.3, -0.25) is 4.79 Å². The zero-order valence-corrected chi connectivity index (χ0v) is 9.64. The summed E-state index contributed by atoms with van der Waals surface area (Å²) in [6, 6.07) is 0.170. The molecule has 0 aromatic rings. The number of rotatable bonds is 2. The van der Waals surface area contributed by atoms with E-state index >= 15 is 0 Å². The van der Waals surface area contributed by atoms with Gasteiger partial charge in [-0.1, -0.05) is 18.2 Å². The van der Waals surface area contributed by atoms with Crippen molar-refractivity contribution in [3.05, 3.63) is 24.3 Å². The highest BCUT2D eigenvalue weighted by Crippen LogP contribution is 2.11. The van der Waals surface area contributed by atoms with Gasteiger partial charge in [0.25, 0.3) is 0 Å². The van der Waals surface area contributed by atoms with Crippen LogP contribution in [-0.4, -0.2) is 36.1 Å². The molecule has 0 aliphatic carbocycles. The molecular formula is C12H19NO2. The molecule has 2 atom stereocenters. The van der Waals surface area contributed by atoms with E-state index < -0.39 is 0 Å². The Bertz CT molecular complexity index is 271. The number of allylic oxidation sites excluding steroid dienone is 3. The Kier molecular flexibility index (Phi) is 4.56. The molecule has 1 rings (SSSR count). The van der Waals surface area contributed by atoms with E-state index in [9.17, 15) is 4.79 Å². The summed E-state index contributed by atoms with van der Waals surface area (Å²) < 4.78 is 5.46. The smallest absolute Gasteiger partial charge is 0.246 e. The first-order valence-electron chi connectivity index (χ1n) is 5.36. The van der Waals surface area contributed by atoms with E-state index in [0.29, 0.717) is 13.2 Å². The molecule has 2 unspecified atom stereocenters. The lowest BCUT2D eigenvalue weighted by Crippen LogP contribution is -2.49. The van der Waals surface area contributed by atoms with Gasteiger partial charge in [-0.15, -0.1) is 0 Å². The van der Waals surface area contributed by atoms with Gasteiger partial charge in [0.1, 0.15) is 0 Å². The van der Waals surface area contributed by atoms with Gasteiger partial charge in [0, 0.05) is 12.6 Å². The molecule has 0 radical (unpaired) electrons. The van der Waals surface area contributed by atoms with Crippen LogP contribution in [-0.2, 0) is 9.53 Å². The van der Waals surface area contributed by atoms with Crippen molar-refractivity contribution in [3.8, 4) is 0 Å². The zero-order valence-electron chi connectivity index (χ0n) is 9.64. The molecule has 0 bridgehead atoms. The Labute approximate surface area is 91.4 Å². The molecule has 1 saturated heterocycles. The van der Waals surface area contributed by atoms with Crippen molar-refractivity contribution in [2.45, 2.75) is 32.9 Å². The van der Waals surface area contributed by atoms with Gasteiger partial charge in [0.15, 0.2) is 0 Å². The van der Waals surface area contributed by atoms with Crippen molar-refractivity contribution in [2.24, 2.45) is 0 Å². The quantitative estimate of drug-likeness (QED) is 0.512. The van der Waals surface area contributed by atoms with Crippen LogP contribution in [0.15, 0.2) is 24.3 Å². The number of carbonyl (C=O) groups is 1. The summed E-state index contributed by atoms with van der Waals surface area (Å²) in [5.74, 6) is 0.0655. The summed E-state index contributed by atoms with van der Waals surface area (Å²) in [6.45, 7) is 7.23. The number of nitrogens with zero attached hydrogens (tertiary/aromatic N) is 1. The maximum absolute atomic E-state index is 11.8. The molecule has 3 heteroatoms. The van der Waals surface area contributed by atoms with Gasteiger partial charge < -0.3 is 9.64 Å². The zero-order chi connectivity index (χ0) is 11.3. The van der Waals surface area contributed by atoms with Crippen LogP contribution in [0.2, 0.25) is 0 Å².